The monoisotopic (exact) mass is 487 g/mol. The first-order valence-electron chi connectivity index (χ1n) is 12.5. The third-order valence-electron chi connectivity index (χ3n) is 6.88. The molecule has 4 rings (SSSR count). The number of alkyl halides is 1. The number of nitrogens with two attached hydrogens (primary N) is 1. The van der Waals surface area contributed by atoms with Gasteiger partial charge in [0, 0.05) is 42.5 Å². The number of piperidine rings is 1. The lowest BCUT2D eigenvalue weighted by Gasteiger charge is -2.35. The lowest BCUT2D eigenvalue weighted by Crippen LogP contribution is -2.48. The lowest BCUT2D eigenvalue weighted by molar-refractivity contribution is 0.108. The summed E-state index contributed by atoms with van der Waals surface area (Å²) in [6.07, 6.45) is 6.38. The second-order valence-electron chi connectivity index (χ2n) is 9.85. The van der Waals surface area contributed by atoms with E-state index in [2.05, 4.69) is 17.1 Å². The first-order chi connectivity index (χ1) is 16.4. The van der Waals surface area contributed by atoms with Gasteiger partial charge >= 0.3 is 0 Å². The van der Waals surface area contributed by atoms with Crippen LogP contribution in [-0.4, -0.2) is 65.9 Å². The largest absolute Gasteiger partial charge is 0.491 e. The van der Waals surface area contributed by atoms with Crippen molar-refractivity contribution in [3.63, 3.8) is 0 Å². The van der Waals surface area contributed by atoms with Crippen molar-refractivity contribution in [3.05, 3.63) is 35.5 Å². The topological polar surface area (TPSA) is 96.5 Å². The molecule has 1 aliphatic heterocycles. The lowest BCUT2D eigenvalue weighted by atomic mass is 9.98. The van der Waals surface area contributed by atoms with Crippen LogP contribution in [0.4, 0.5) is 5.82 Å². The molecule has 1 saturated heterocycles. The zero-order valence-electron chi connectivity index (χ0n) is 20.3. The maximum Gasteiger partial charge on any atom is 0.161 e. The zero-order valence-corrected chi connectivity index (χ0v) is 21.1. The number of ether oxygens (including phenoxy) is 1. The molecule has 2 aliphatic rings. The Morgan fingerprint density at radius 2 is 2.06 bits per heavy atom. The highest BCUT2D eigenvalue weighted by atomic mass is 35.5. The van der Waals surface area contributed by atoms with Gasteiger partial charge in [-0.15, -0.1) is 11.6 Å². The highest BCUT2D eigenvalue weighted by Gasteiger charge is 2.28. The number of aromatic nitrogens is 2. The normalized spacial score (nSPS) is 22.2. The van der Waals surface area contributed by atoms with E-state index in [9.17, 15) is 5.11 Å². The number of rotatable bonds is 9. The summed E-state index contributed by atoms with van der Waals surface area (Å²) < 4.78 is 5.83. The molecule has 7 nitrogen and oxygen atoms in total. The van der Waals surface area contributed by atoms with Gasteiger partial charge in [-0.2, -0.15) is 0 Å². The molecule has 2 heterocycles. The summed E-state index contributed by atoms with van der Waals surface area (Å²) in [5, 5.41) is 13.0. The van der Waals surface area contributed by atoms with Crippen molar-refractivity contribution < 1.29 is 9.84 Å². The molecule has 3 atom stereocenters. The fourth-order valence-electron chi connectivity index (χ4n) is 5.13. The van der Waals surface area contributed by atoms with Crippen LogP contribution in [0.3, 0.4) is 0 Å². The highest BCUT2D eigenvalue weighted by molar-refractivity contribution is 6.21. The van der Waals surface area contributed by atoms with Gasteiger partial charge in [0.25, 0.3) is 0 Å². The average molecular weight is 488 g/mol. The Balaban J connectivity index is 1.65. The minimum Gasteiger partial charge on any atom is -0.491 e. The second-order valence-corrected chi connectivity index (χ2v) is 10.5. The number of aliphatic hydroxyl groups excluding tert-OH is 1. The molecule has 0 spiro atoms. The maximum atomic E-state index is 9.98. The second kappa shape index (κ2) is 11.7. The van der Waals surface area contributed by atoms with E-state index in [4.69, 9.17) is 32.0 Å². The molecule has 8 heteroatoms. The van der Waals surface area contributed by atoms with Gasteiger partial charge in [0.2, 0.25) is 0 Å². The number of hydrogen-bond acceptors (Lipinski definition) is 7. The molecular formula is C26H38ClN5O2. The minimum atomic E-state index is -0.569. The van der Waals surface area contributed by atoms with E-state index < -0.39 is 6.10 Å². The smallest absolute Gasteiger partial charge is 0.161 e. The molecule has 34 heavy (non-hydrogen) atoms. The number of nitrogens with zero attached hydrogens (tertiary/aromatic N) is 3. The van der Waals surface area contributed by atoms with Crippen molar-refractivity contribution in [2.24, 2.45) is 11.7 Å². The van der Waals surface area contributed by atoms with E-state index in [-0.39, 0.29) is 18.0 Å². The molecule has 0 amide bonds. The summed E-state index contributed by atoms with van der Waals surface area (Å²) in [6, 6.07) is 7.84. The van der Waals surface area contributed by atoms with Crippen molar-refractivity contribution in [1.29, 1.82) is 0 Å². The Morgan fingerprint density at radius 3 is 2.79 bits per heavy atom. The van der Waals surface area contributed by atoms with Crippen molar-refractivity contribution in [2.75, 3.05) is 38.2 Å². The van der Waals surface area contributed by atoms with Gasteiger partial charge in [-0.3, -0.25) is 0 Å². The number of hydrogen-bond donors (Lipinski definition) is 3. The summed E-state index contributed by atoms with van der Waals surface area (Å²) in [6.45, 7) is 4.32. The minimum absolute atomic E-state index is 0.0145. The van der Waals surface area contributed by atoms with Gasteiger partial charge < -0.3 is 25.8 Å². The van der Waals surface area contributed by atoms with Crippen LogP contribution in [0.25, 0.3) is 11.4 Å². The van der Waals surface area contributed by atoms with Gasteiger partial charge in [0.15, 0.2) is 5.82 Å². The van der Waals surface area contributed by atoms with Crippen molar-refractivity contribution in [2.45, 2.75) is 63.0 Å². The predicted molar refractivity (Wildman–Crippen MR) is 138 cm³/mol. The van der Waals surface area contributed by atoms with E-state index in [1.54, 1.807) is 7.05 Å². The van der Waals surface area contributed by atoms with Gasteiger partial charge in [0.05, 0.1) is 5.38 Å². The molecule has 186 valence electrons. The van der Waals surface area contributed by atoms with Gasteiger partial charge in [-0.1, -0.05) is 37.8 Å². The van der Waals surface area contributed by atoms with Crippen LogP contribution in [0.5, 0.6) is 5.75 Å². The summed E-state index contributed by atoms with van der Waals surface area (Å²) >= 11 is 6.54. The molecule has 2 fully saturated rings. The Kier molecular flexibility index (Phi) is 8.64. The molecule has 1 saturated carbocycles. The van der Waals surface area contributed by atoms with Crippen molar-refractivity contribution in [1.82, 2.24) is 15.3 Å². The molecule has 1 aromatic carbocycles. The van der Waals surface area contributed by atoms with Crippen LogP contribution >= 0.6 is 11.6 Å². The fraction of sp³-hybridized carbons (Fsp3) is 0.615. The van der Waals surface area contributed by atoms with Crippen molar-refractivity contribution >= 4 is 17.4 Å². The molecular weight excluding hydrogens is 450 g/mol. The molecule has 1 aromatic heterocycles. The maximum absolute atomic E-state index is 9.98. The number of aliphatic hydroxyl groups is 1. The number of benzene rings is 1. The SMILES string of the molecule is CNCC(O)COc1cccc(-c2nc(CC3CCCC3)c(C)c(N3CC(N)CC(Cl)C3)n2)c1. The average Bonchev–Trinajstić information content (AvgIpc) is 3.32. The van der Waals surface area contributed by atoms with Crippen LogP contribution < -0.4 is 20.7 Å². The van der Waals surface area contributed by atoms with E-state index in [0.717, 1.165) is 48.6 Å². The van der Waals surface area contributed by atoms with Crippen molar-refractivity contribution in [3.8, 4) is 17.1 Å². The van der Waals surface area contributed by atoms with Gasteiger partial charge in [-0.05, 0) is 44.9 Å². The van der Waals surface area contributed by atoms with E-state index in [0.29, 0.717) is 24.0 Å². The summed E-state index contributed by atoms with van der Waals surface area (Å²) in [5.41, 5.74) is 9.47. The van der Waals surface area contributed by atoms with Gasteiger partial charge in [0.1, 0.15) is 24.3 Å². The molecule has 0 bridgehead atoms. The summed E-state index contributed by atoms with van der Waals surface area (Å²) in [4.78, 5) is 12.3. The third kappa shape index (κ3) is 6.39. The van der Waals surface area contributed by atoms with Crippen LogP contribution in [-0.2, 0) is 6.42 Å². The van der Waals surface area contributed by atoms with Crippen LogP contribution in [0, 0.1) is 12.8 Å². The summed E-state index contributed by atoms with van der Waals surface area (Å²) in [7, 11) is 1.81. The molecule has 4 N–H and O–H groups in total. The van der Waals surface area contributed by atoms with E-state index >= 15 is 0 Å². The standard InChI is InChI=1S/C26H38ClN5O2/c1-17-24(10-18-6-3-4-7-18)30-25(31-26(17)32-14-20(27)12-21(28)15-32)19-8-5-9-23(11-19)34-16-22(33)13-29-2/h5,8-9,11,18,20-22,29,33H,3-4,6-7,10,12-16,28H2,1-2H3. The van der Waals surface area contributed by atoms with E-state index in [1.165, 1.54) is 25.7 Å². The Labute approximate surface area is 208 Å². The first-order valence-corrected chi connectivity index (χ1v) is 12.9. The van der Waals surface area contributed by atoms with Crippen LogP contribution in [0.2, 0.25) is 0 Å². The first kappa shape index (κ1) is 25.2. The number of nitrogens with one attached hydrogen (secondary N) is 1. The number of likely N-dealkylation sites (N-methyl/N-ethyl adjacent to an activating group) is 1. The molecule has 0 radical (unpaired) electrons. The zero-order chi connectivity index (χ0) is 24.1. The third-order valence-corrected chi connectivity index (χ3v) is 7.20. The van der Waals surface area contributed by atoms with Crippen LogP contribution in [0.1, 0.15) is 43.4 Å². The number of anilines is 1. The predicted octanol–water partition coefficient (Wildman–Crippen LogP) is 3.29. The Bertz CT molecular complexity index is 943. The van der Waals surface area contributed by atoms with Crippen LogP contribution in [0.15, 0.2) is 24.3 Å². The molecule has 3 unspecified atom stereocenters. The Hall–Kier alpha value is -1.93. The Morgan fingerprint density at radius 1 is 1.26 bits per heavy atom. The fourth-order valence-corrected chi connectivity index (χ4v) is 5.53. The quantitative estimate of drug-likeness (QED) is 0.467. The molecule has 2 aromatic rings. The number of halogens is 1. The molecule has 1 aliphatic carbocycles. The summed E-state index contributed by atoms with van der Waals surface area (Å²) in [5.74, 6) is 3.01. The van der Waals surface area contributed by atoms with E-state index in [1.807, 2.05) is 24.3 Å². The highest BCUT2D eigenvalue weighted by Crippen LogP contribution is 2.33. The van der Waals surface area contributed by atoms with Gasteiger partial charge in [-0.25, -0.2) is 9.97 Å².